The number of carbonyl (C=O) groups is 1. The SMILES string of the molecule is COc1ccc(C2C(=C=N)C(=S)NC(C)=C2C(=O)Nc2ccccc2)cc1. The lowest BCUT2D eigenvalue weighted by atomic mass is 9.81. The summed E-state index contributed by atoms with van der Waals surface area (Å²) in [4.78, 5) is 13.5. The summed E-state index contributed by atoms with van der Waals surface area (Å²) >= 11 is 5.38. The molecule has 0 fully saturated rings. The summed E-state index contributed by atoms with van der Waals surface area (Å²) in [5.74, 6) is 2.40. The lowest BCUT2D eigenvalue weighted by Gasteiger charge is -2.30. The van der Waals surface area contributed by atoms with Gasteiger partial charge in [0.15, 0.2) is 0 Å². The topological polar surface area (TPSA) is 74.2 Å². The van der Waals surface area contributed by atoms with E-state index in [0.717, 1.165) is 5.56 Å². The van der Waals surface area contributed by atoms with Crippen molar-refractivity contribution in [2.24, 2.45) is 0 Å². The first kappa shape index (κ1) is 18.6. The zero-order valence-corrected chi connectivity index (χ0v) is 15.8. The van der Waals surface area contributed by atoms with E-state index in [-0.39, 0.29) is 5.91 Å². The monoisotopic (exact) mass is 377 g/mol. The predicted molar refractivity (Wildman–Crippen MR) is 110 cm³/mol. The summed E-state index contributed by atoms with van der Waals surface area (Å²) < 4.78 is 5.22. The van der Waals surface area contributed by atoms with Crippen LogP contribution in [0.5, 0.6) is 5.75 Å². The molecular formula is C21H19N3O2S. The third-order valence-corrected chi connectivity index (χ3v) is 4.71. The van der Waals surface area contributed by atoms with Crippen molar-refractivity contribution in [1.29, 1.82) is 5.41 Å². The third-order valence-electron chi connectivity index (χ3n) is 4.39. The minimum absolute atomic E-state index is 0.248. The second kappa shape index (κ2) is 7.99. The fourth-order valence-corrected chi connectivity index (χ4v) is 3.40. The Morgan fingerprint density at radius 1 is 1.19 bits per heavy atom. The molecule has 1 unspecified atom stereocenters. The fourth-order valence-electron chi connectivity index (χ4n) is 3.08. The average Bonchev–Trinajstić information content (AvgIpc) is 2.68. The van der Waals surface area contributed by atoms with Crippen molar-refractivity contribution in [2.75, 3.05) is 12.4 Å². The van der Waals surface area contributed by atoms with Crippen LogP contribution in [0.25, 0.3) is 0 Å². The number of benzene rings is 2. The van der Waals surface area contributed by atoms with Gasteiger partial charge in [-0.25, -0.2) is 0 Å². The summed E-state index contributed by atoms with van der Waals surface area (Å²) in [6.45, 7) is 1.81. The number of anilines is 1. The van der Waals surface area contributed by atoms with E-state index >= 15 is 0 Å². The van der Waals surface area contributed by atoms with Crippen molar-refractivity contribution in [1.82, 2.24) is 5.32 Å². The van der Waals surface area contributed by atoms with Gasteiger partial charge in [0.25, 0.3) is 5.91 Å². The molecule has 3 N–H and O–H groups in total. The van der Waals surface area contributed by atoms with Crippen molar-refractivity contribution in [3.05, 3.63) is 77.0 Å². The molecule has 5 nitrogen and oxygen atoms in total. The quantitative estimate of drug-likeness (QED) is 0.430. The lowest BCUT2D eigenvalue weighted by molar-refractivity contribution is -0.113. The van der Waals surface area contributed by atoms with Crippen molar-refractivity contribution in [2.45, 2.75) is 12.8 Å². The molecular weight excluding hydrogens is 358 g/mol. The van der Waals surface area contributed by atoms with Gasteiger partial charge in [0.05, 0.1) is 18.6 Å². The van der Waals surface area contributed by atoms with Crippen LogP contribution in [0.15, 0.2) is 71.4 Å². The van der Waals surface area contributed by atoms with E-state index in [9.17, 15) is 4.79 Å². The third kappa shape index (κ3) is 3.82. The van der Waals surface area contributed by atoms with Crippen molar-refractivity contribution >= 4 is 34.7 Å². The maximum absolute atomic E-state index is 13.1. The van der Waals surface area contributed by atoms with Crippen molar-refractivity contribution < 1.29 is 9.53 Å². The molecule has 1 aliphatic heterocycles. The van der Waals surface area contributed by atoms with Gasteiger partial charge in [-0.3, -0.25) is 10.2 Å². The van der Waals surface area contributed by atoms with Crippen LogP contribution in [0.3, 0.4) is 0 Å². The Bertz CT molecular complexity index is 959. The first-order chi connectivity index (χ1) is 13.0. The zero-order chi connectivity index (χ0) is 19.4. The minimum Gasteiger partial charge on any atom is -0.497 e. The first-order valence-electron chi connectivity index (χ1n) is 8.37. The van der Waals surface area contributed by atoms with Crippen molar-refractivity contribution in [3.63, 3.8) is 0 Å². The molecule has 1 amide bonds. The van der Waals surface area contributed by atoms with E-state index in [1.807, 2.05) is 61.5 Å². The van der Waals surface area contributed by atoms with E-state index in [1.165, 1.54) is 0 Å². The number of hydrogen-bond donors (Lipinski definition) is 3. The van der Waals surface area contributed by atoms with Gasteiger partial charge >= 0.3 is 0 Å². The summed E-state index contributed by atoms with van der Waals surface area (Å²) in [6.07, 6.45) is 0. The highest BCUT2D eigenvalue weighted by Gasteiger charge is 2.34. The number of methoxy groups -OCH3 is 1. The number of ether oxygens (including phenoxy) is 1. The second-order valence-corrected chi connectivity index (χ2v) is 6.47. The highest BCUT2D eigenvalue weighted by molar-refractivity contribution is 7.80. The smallest absolute Gasteiger partial charge is 0.254 e. The van der Waals surface area contributed by atoms with Gasteiger partial charge in [-0.15, -0.1) is 0 Å². The number of nitrogens with one attached hydrogen (secondary N) is 3. The van der Waals surface area contributed by atoms with Gasteiger partial charge in [0.2, 0.25) is 0 Å². The lowest BCUT2D eigenvalue weighted by Crippen LogP contribution is -2.36. The van der Waals surface area contributed by atoms with Crippen LogP contribution >= 0.6 is 12.2 Å². The molecule has 0 spiro atoms. The number of hydrogen-bond acceptors (Lipinski definition) is 4. The minimum atomic E-state index is -0.481. The first-order valence-corrected chi connectivity index (χ1v) is 8.78. The number of rotatable bonds is 4. The van der Waals surface area contributed by atoms with E-state index < -0.39 is 5.92 Å². The molecule has 3 rings (SSSR count). The molecule has 0 saturated carbocycles. The number of thiocarbonyl (C=S) groups is 1. The standard InChI is InChI=1S/C21H19N3O2S/c1-13-18(20(25)24-15-6-4-3-5-7-15)19(17(12-22)21(27)23-13)14-8-10-16(26-2)11-9-14/h3-11,19,22H,1-2H3,(H,23,27)(H,24,25). The van der Waals surface area contributed by atoms with Crippen LogP contribution in [0, 0.1) is 5.41 Å². The summed E-state index contributed by atoms with van der Waals surface area (Å²) in [5, 5.41) is 13.7. The molecule has 1 atom stereocenters. The van der Waals surface area contributed by atoms with E-state index in [1.54, 1.807) is 7.11 Å². The largest absolute Gasteiger partial charge is 0.497 e. The van der Waals surface area contributed by atoms with Crippen LogP contribution in [-0.2, 0) is 4.79 Å². The number of carbonyl (C=O) groups excluding carboxylic acids is 1. The molecule has 1 aliphatic rings. The van der Waals surface area contributed by atoms with Crippen molar-refractivity contribution in [3.8, 4) is 5.75 Å². The van der Waals surface area contributed by atoms with Gasteiger partial charge in [-0.05, 0) is 42.6 Å². The fraction of sp³-hybridized carbons (Fsp3) is 0.143. The molecule has 1 heterocycles. The average molecular weight is 377 g/mol. The van der Waals surface area contributed by atoms with Crippen LogP contribution in [-0.4, -0.2) is 23.9 Å². The van der Waals surface area contributed by atoms with Crippen LogP contribution < -0.4 is 15.4 Å². The Morgan fingerprint density at radius 3 is 2.44 bits per heavy atom. The molecule has 0 aromatic heterocycles. The van der Waals surface area contributed by atoms with Gasteiger partial charge in [0.1, 0.15) is 10.7 Å². The number of allylic oxidation sites excluding steroid dienone is 1. The Morgan fingerprint density at radius 2 is 1.85 bits per heavy atom. The van der Waals surface area contributed by atoms with E-state index in [4.69, 9.17) is 22.4 Å². The molecule has 136 valence electrons. The Kier molecular flexibility index (Phi) is 5.50. The normalized spacial score (nSPS) is 16.4. The highest BCUT2D eigenvalue weighted by atomic mass is 32.1. The summed E-state index contributed by atoms with van der Waals surface area (Å²) in [5.41, 5.74) is 3.16. The summed E-state index contributed by atoms with van der Waals surface area (Å²) in [7, 11) is 1.60. The van der Waals surface area contributed by atoms with Crippen LogP contribution in [0.2, 0.25) is 0 Å². The number of amides is 1. The second-order valence-electron chi connectivity index (χ2n) is 6.06. The predicted octanol–water partition coefficient (Wildman–Crippen LogP) is 3.80. The molecule has 2 aromatic carbocycles. The van der Waals surface area contributed by atoms with Gasteiger partial charge in [-0.1, -0.05) is 42.5 Å². The Labute approximate surface area is 163 Å². The molecule has 0 aliphatic carbocycles. The molecule has 27 heavy (non-hydrogen) atoms. The molecule has 0 bridgehead atoms. The van der Waals surface area contributed by atoms with Crippen LogP contribution in [0.1, 0.15) is 18.4 Å². The number of para-hydroxylation sites is 1. The summed E-state index contributed by atoms with van der Waals surface area (Å²) in [6, 6.07) is 16.6. The molecule has 0 saturated heterocycles. The molecule has 6 heteroatoms. The molecule has 0 radical (unpaired) electrons. The maximum atomic E-state index is 13.1. The van der Waals surface area contributed by atoms with Crippen LogP contribution in [0.4, 0.5) is 5.69 Å². The Hall–Kier alpha value is -3.21. The highest BCUT2D eigenvalue weighted by Crippen LogP contribution is 2.37. The van der Waals surface area contributed by atoms with E-state index in [2.05, 4.69) is 16.5 Å². The molecule has 2 aromatic rings. The van der Waals surface area contributed by atoms with Gasteiger partial charge in [0, 0.05) is 17.0 Å². The zero-order valence-electron chi connectivity index (χ0n) is 15.0. The van der Waals surface area contributed by atoms with E-state index in [0.29, 0.717) is 33.3 Å². The van der Waals surface area contributed by atoms with Gasteiger partial charge in [-0.2, -0.15) is 0 Å². The van der Waals surface area contributed by atoms with Gasteiger partial charge < -0.3 is 15.4 Å². The Balaban J connectivity index is 2.06. The maximum Gasteiger partial charge on any atom is 0.254 e.